The minimum atomic E-state index is -4.05. The number of ether oxygens (including phenoxy) is 5. The van der Waals surface area contributed by atoms with E-state index in [0.29, 0.717) is 23.5 Å². The summed E-state index contributed by atoms with van der Waals surface area (Å²) in [7, 11) is -4.05. The Balaban J connectivity index is 1.95. The molecule has 2 aromatic rings. The first kappa shape index (κ1) is 28.2. The maximum Gasteiger partial charge on any atom is 0.510 e. The number of nitrogen functional groups attached to an aromatic ring is 1. The summed E-state index contributed by atoms with van der Waals surface area (Å²) in [5, 5.41) is 0. The molecule has 3 N–H and O–H groups in total. The van der Waals surface area contributed by atoms with E-state index in [2.05, 4.69) is 15.0 Å². The molecule has 15 nitrogen and oxygen atoms in total. The van der Waals surface area contributed by atoms with E-state index in [9.17, 15) is 14.2 Å². The predicted octanol–water partition coefficient (Wildman–Crippen LogP) is 2.45. The van der Waals surface area contributed by atoms with Crippen LogP contribution in [-0.4, -0.2) is 65.5 Å². The topological polar surface area (TPSA) is 187 Å². The van der Waals surface area contributed by atoms with Gasteiger partial charge in [0.15, 0.2) is 18.5 Å². The van der Waals surface area contributed by atoms with Gasteiger partial charge < -0.3 is 29.4 Å². The Labute approximate surface area is 201 Å². The molecule has 0 saturated carbocycles. The van der Waals surface area contributed by atoms with Crippen LogP contribution in [0.5, 0.6) is 0 Å². The number of nitrogens with one attached hydrogen (secondary N) is 1. The fraction of sp³-hybridized carbons (Fsp3) is 0.632. The number of aromatic amines is 1. The number of carbonyl (C=O) groups excluding carboxylic acids is 2. The standard InChI is InChI=1S/C19H30N5O10P/c1-12(2)33-18(25)28-9-31-35(27,32-10-29-19(26)34-13(3)4)11-30-14(5)6-24-8-23-15-16(20)21-7-22-17(15)24/h7-8,12-14H,6,9-11H2,1-5H3,(H2,20,21,22)/p+1/t14-/m1/s1. The lowest BCUT2D eigenvalue weighted by Gasteiger charge is -2.20. The first-order valence-electron chi connectivity index (χ1n) is 10.6. The Hall–Kier alpha value is -3.00. The van der Waals surface area contributed by atoms with Crippen molar-refractivity contribution in [3.8, 4) is 0 Å². The molecule has 0 aliphatic heterocycles. The van der Waals surface area contributed by atoms with Crippen LogP contribution in [0, 0.1) is 0 Å². The molecule has 0 amide bonds. The van der Waals surface area contributed by atoms with Crippen LogP contribution in [-0.2, 0) is 43.8 Å². The number of anilines is 1. The van der Waals surface area contributed by atoms with Crippen LogP contribution < -0.4 is 10.3 Å². The van der Waals surface area contributed by atoms with Gasteiger partial charge >= 0.3 is 25.6 Å². The van der Waals surface area contributed by atoms with E-state index >= 15 is 0 Å². The summed E-state index contributed by atoms with van der Waals surface area (Å²) in [4.78, 5) is 34.1. The quantitative estimate of drug-likeness (QED) is 0.170. The summed E-state index contributed by atoms with van der Waals surface area (Å²) in [6.45, 7) is 7.04. The van der Waals surface area contributed by atoms with Crippen molar-refractivity contribution in [2.45, 2.75) is 59.5 Å². The zero-order chi connectivity index (χ0) is 26.0. The molecule has 0 spiro atoms. The van der Waals surface area contributed by atoms with Crippen LogP contribution in [0.2, 0.25) is 0 Å². The first-order valence-corrected chi connectivity index (χ1v) is 12.4. The van der Waals surface area contributed by atoms with Crippen molar-refractivity contribution in [3.05, 3.63) is 12.7 Å². The third-order valence-corrected chi connectivity index (χ3v) is 5.44. The number of rotatable bonds is 13. The molecular formula is C19H31N5O10P+. The minimum Gasteiger partial charge on any atom is -0.432 e. The SMILES string of the molecule is CC(C)OC(=O)OCOP(=O)(CO[C@H](C)C[n+]1c[nH]c2c(N)ncnc21)OCOC(=O)OC(C)C. The highest BCUT2D eigenvalue weighted by atomic mass is 31.2. The van der Waals surface area contributed by atoms with Gasteiger partial charge in [0.2, 0.25) is 19.1 Å². The fourth-order valence-corrected chi connectivity index (χ4v) is 3.60. The molecule has 0 aliphatic rings. The summed E-state index contributed by atoms with van der Waals surface area (Å²) < 4.78 is 49.8. The van der Waals surface area contributed by atoms with Crippen molar-refractivity contribution in [2.75, 3.05) is 25.7 Å². The zero-order valence-corrected chi connectivity index (χ0v) is 21.1. The molecule has 0 fully saturated rings. The van der Waals surface area contributed by atoms with Crippen molar-refractivity contribution in [1.29, 1.82) is 0 Å². The van der Waals surface area contributed by atoms with E-state index in [0.717, 1.165) is 0 Å². The Morgan fingerprint density at radius 3 is 2.14 bits per heavy atom. The third kappa shape index (κ3) is 9.64. The normalized spacial score (nSPS) is 12.7. The molecule has 0 aliphatic carbocycles. The highest BCUT2D eigenvalue weighted by Crippen LogP contribution is 2.48. The average molecular weight is 520 g/mol. The summed E-state index contributed by atoms with van der Waals surface area (Å²) in [5.41, 5.74) is 6.93. The average Bonchev–Trinajstić information content (AvgIpc) is 3.15. The second-order valence-corrected chi connectivity index (χ2v) is 9.71. The van der Waals surface area contributed by atoms with Crippen LogP contribution in [0.1, 0.15) is 34.6 Å². The van der Waals surface area contributed by atoms with Gasteiger partial charge in [-0.3, -0.25) is 18.6 Å². The molecule has 2 heterocycles. The van der Waals surface area contributed by atoms with Crippen LogP contribution >= 0.6 is 7.60 Å². The second kappa shape index (κ2) is 13.2. The highest BCUT2D eigenvalue weighted by Gasteiger charge is 2.29. The molecule has 0 unspecified atom stereocenters. The van der Waals surface area contributed by atoms with Gasteiger partial charge in [0, 0.05) is 0 Å². The van der Waals surface area contributed by atoms with Gasteiger partial charge in [-0.25, -0.2) is 14.2 Å². The Morgan fingerprint density at radius 2 is 1.60 bits per heavy atom. The van der Waals surface area contributed by atoms with Crippen molar-refractivity contribution < 1.29 is 51.5 Å². The lowest BCUT2D eigenvalue weighted by atomic mass is 10.4. The molecular weight excluding hydrogens is 489 g/mol. The van der Waals surface area contributed by atoms with Crippen molar-refractivity contribution in [3.63, 3.8) is 0 Å². The van der Waals surface area contributed by atoms with Gasteiger partial charge in [0.25, 0.3) is 0 Å². The molecule has 0 radical (unpaired) electrons. The van der Waals surface area contributed by atoms with E-state index in [1.807, 2.05) is 0 Å². The number of hydrogen-bond donors (Lipinski definition) is 2. The van der Waals surface area contributed by atoms with Gasteiger partial charge in [-0.05, 0) is 34.6 Å². The first-order chi connectivity index (χ1) is 16.5. The van der Waals surface area contributed by atoms with E-state index in [4.69, 9.17) is 38.5 Å². The van der Waals surface area contributed by atoms with Crippen molar-refractivity contribution in [2.24, 2.45) is 0 Å². The molecule has 0 bridgehead atoms. The Kier molecular flexibility index (Phi) is 10.6. The number of fused-ring (bicyclic) bond motifs is 1. The lowest BCUT2D eigenvalue weighted by Crippen LogP contribution is -2.39. The van der Waals surface area contributed by atoms with Crippen molar-refractivity contribution in [1.82, 2.24) is 15.0 Å². The van der Waals surface area contributed by atoms with Crippen molar-refractivity contribution >= 4 is 36.9 Å². The minimum absolute atomic E-state index is 0.292. The van der Waals surface area contributed by atoms with Gasteiger partial charge in [-0.15, -0.1) is 0 Å². The molecule has 2 aromatic heterocycles. The van der Waals surface area contributed by atoms with Gasteiger partial charge in [-0.1, -0.05) is 4.98 Å². The molecule has 35 heavy (non-hydrogen) atoms. The maximum absolute atomic E-state index is 13.1. The molecule has 0 aromatic carbocycles. The predicted molar refractivity (Wildman–Crippen MR) is 119 cm³/mol. The number of H-pyrrole nitrogens is 1. The fourth-order valence-electron chi connectivity index (χ4n) is 2.51. The number of nitrogens with zero attached hydrogens (tertiary/aromatic N) is 3. The molecule has 196 valence electrons. The van der Waals surface area contributed by atoms with Crippen LogP contribution in [0.25, 0.3) is 11.2 Å². The number of imidazole rings is 1. The zero-order valence-electron chi connectivity index (χ0n) is 20.2. The monoisotopic (exact) mass is 520 g/mol. The Morgan fingerprint density at radius 1 is 1.03 bits per heavy atom. The highest BCUT2D eigenvalue weighted by molar-refractivity contribution is 7.53. The molecule has 1 atom stereocenters. The third-order valence-electron chi connectivity index (χ3n) is 3.98. The number of nitrogens with two attached hydrogens (primary N) is 1. The Bertz CT molecular complexity index is 999. The van der Waals surface area contributed by atoms with Gasteiger partial charge in [0.1, 0.15) is 6.35 Å². The largest absolute Gasteiger partial charge is 0.510 e. The number of hydrogen-bond acceptors (Lipinski definition) is 13. The molecule has 16 heteroatoms. The lowest BCUT2D eigenvalue weighted by molar-refractivity contribution is -0.680. The van der Waals surface area contributed by atoms with E-state index in [1.54, 1.807) is 45.5 Å². The molecule has 0 saturated heterocycles. The smallest absolute Gasteiger partial charge is 0.432 e. The van der Waals surface area contributed by atoms with Crippen LogP contribution in [0.4, 0.5) is 15.4 Å². The summed E-state index contributed by atoms with van der Waals surface area (Å²) in [6, 6.07) is 0. The summed E-state index contributed by atoms with van der Waals surface area (Å²) in [5.74, 6) is 0.292. The van der Waals surface area contributed by atoms with Gasteiger partial charge in [0.05, 0.1) is 24.9 Å². The van der Waals surface area contributed by atoms with Gasteiger partial charge in [-0.2, -0.15) is 4.98 Å². The second-order valence-electron chi connectivity index (χ2n) is 7.72. The summed E-state index contributed by atoms with van der Waals surface area (Å²) in [6.07, 6.45) is -0.948. The molecule has 2 rings (SSSR count). The summed E-state index contributed by atoms with van der Waals surface area (Å²) >= 11 is 0. The van der Waals surface area contributed by atoms with E-state index < -0.39 is 58.2 Å². The van der Waals surface area contributed by atoms with E-state index in [-0.39, 0.29) is 0 Å². The number of carbonyl (C=O) groups is 2. The van der Waals surface area contributed by atoms with Crippen LogP contribution in [0.3, 0.4) is 0 Å². The van der Waals surface area contributed by atoms with Crippen LogP contribution in [0.15, 0.2) is 12.7 Å². The number of aromatic nitrogens is 4. The maximum atomic E-state index is 13.1. The van der Waals surface area contributed by atoms with E-state index in [1.165, 1.54) is 6.33 Å².